The van der Waals surface area contributed by atoms with Gasteiger partial charge in [0.05, 0.1) is 13.5 Å². The first-order valence-electron chi connectivity index (χ1n) is 13.0. The van der Waals surface area contributed by atoms with Crippen LogP contribution < -0.4 is 9.47 Å². The zero-order chi connectivity index (χ0) is 26.4. The lowest BCUT2D eigenvalue weighted by Gasteiger charge is -2.23. The summed E-state index contributed by atoms with van der Waals surface area (Å²) in [6.07, 6.45) is 5.17. The first kappa shape index (κ1) is 26.9. The molecule has 6 heteroatoms. The summed E-state index contributed by atoms with van der Waals surface area (Å²) in [7, 11) is 1.62. The number of thiophene rings is 1. The van der Waals surface area contributed by atoms with Crippen LogP contribution in [0.4, 0.5) is 0 Å². The highest BCUT2D eigenvalue weighted by molar-refractivity contribution is 7.17. The number of fused-ring (bicyclic) bond motifs is 1. The number of methoxy groups -OCH3 is 1. The number of hydrogen-bond donors (Lipinski definition) is 0. The predicted molar refractivity (Wildman–Crippen MR) is 150 cm³/mol. The number of pyridine rings is 1. The monoisotopic (exact) mass is 519 g/mol. The van der Waals surface area contributed by atoms with E-state index < -0.39 is 0 Å². The van der Waals surface area contributed by atoms with E-state index in [-0.39, 0.29) is 11.4 Å². The summed E-state index contributed by atoms with van der Waals surface area (Å²) in [6, 6.07) is 15.9. The molecule has 0 fully saturated rings. The van der Waals surface area contributed by atoms with E-state index in [9.17, 15) is 4.79 Å². The SMILES string of the molecule is COc1cccc(CCC(C)(C)CC(=O)Oc2ccc3c(CCCC(C)c4ccc(C)o4)csc3c2)n1. The highest BCUT2D eigenvalue weighted by Gasteiger charge is 2.24. The van der Waals surface area contributed by atoms with Gasteiger partial charge in [-0.25, -0.2) is 4.98 Å². The van der Waals surface area contributed by atoms with Gasteiger partial charge in [0.25, 0.3) is 0 Å². The van der Waals surface area contributed by atoms with Gasteiger partial charge in [0.15, 0.2) is 0 Å². The minimum atomic E-state index is -0.207. The molecule has 1 aromatic carbocycles. The summed E-state index contributed by atoms with van der Waals surface area (Å²) < 4.78 is 17.9. The van der Waals surface area contributed by atoms with Crippen LogP contribution in [-0.2, 0) is 17.6 Å². The van der Waals surface area contributed by atoms with Gasteiger partial charge in [-0.15, -0.1) is 11.3 Å². The molecule has 4 aromatic rings. The van der Waals surface area contributed by atoms with E-state index >= 15 is 0 Å². The number of carbonyl (C=O) groups excluding carboxylic acids is 1. The van der Waals surface area contributed by atoms with Gasteiger partial charge in [0.1, 0.15) is 17.3 Å². The number of nitrogens with zero attached hydrogens (tertiary/aromatic N) is 1. The summed E-state index contributed by atoms with van der Waals surface area (Å²) in [4.78, 5) is 17.2. The number of benzene rings is 1. The number of esters is 1. The van der Waals surface area contributed by atoms with Crippen molar-refractivity contribution in [3.63, 3.8) is 0 Å². The van der Waals surface area contributed by atoms with Crippen molar-refractivity contribution < 1.29 is 18.7 Å². The third kappa shape index (κ3) is 7.45. The molecule has 0 spiro atoms. The smallest absolute Gasteiger partial charge is 0.311 e. The Balaban J connectivity index is 1.28. The summed E-state index contributed by atoms with van der Waals surface area (Å²) >= 11 is 1.71. The molecule has 0 aliphatic carbocycles. The Kier molecular flexibility index (Phi) is 8.70. The van der Waals surface area contributed by atoms with Crippen molar-refractivity contribution in [2.75, 3.05) is 7.11 Å². The number of rotatable bonds is 12. The minimum absolute atomic E-state index is 0.201. The molecular formula is C31H37NO4S. The number of hydrogen-bond acceptors (Lipinski definition) is 6. The first-order valence-corrected chi connectivity index (χ1v) is 13.9. The molecule has 0 radical (unpaired) electrons. The lowest BCUT2D eigenvalue weighted by molar-refractivity contribution is -0.136. The van der Waals surface area contributed by atoms with Crippen LogP contribution >= 0.6 is 11.3 Å². The normalized spacial score (nSPS) is 12.6. The Morgan fingerprint density at radius 1 is 1.14 bits per heavy atom. The van der Waals surface area contributed by atoms with E-state index in [1.807, 2.05) is 43.3 Å². The zero-order valence-corrected chi connectivity index (χ0v) is 23.3. The maximum Gasteiger partial charge on any atom is 0.311 e. The first-order chi connectivity index (χ1) is 17.7. The Morgan fingerprint density at radius 2 is 1.97 bits per heavy atom. The predicted octanol–water partition coefficient (Wildman–Crippen LogP) is 8.29. The standard InChI is InChI=1S/C31H37NO4S/c1-21(27-15-12-22(2)35-27)8-6-9-23-20-37-28-18-25(13-14-26(23)28)36-30(33)19-31(3,4)17-16-24-10-7-11-29(32-24)34-5/h7,10-15,18,20-21H,6,8-9,16-17,19H2,1-5H3. The van der Waals surface area contributed by atoms with E-state index in [2.05, 4.69) is 43.3 Å². The number of aryl methyl sites for hydroxylation is 3. The van der Waals surface area contributed by atoms with Crippen molar-refractivity contribution in [1.29, 1.82) is 0 Å². The molecule has 0 aliphatic rings. The molecule has 0 aliphatic heterocycles. The van der Waals surface area contributed by atoms with Gasteiger partial charge in [0.2, 0.25) is 5.88 Å². The fourth-order valence-electron chi connectivity index (χ4n) is 4.60. The second kappa shape index (κ2) is 12.0. The van der Waals surface area contributed by atoms with E-state index in [0.29, 0.717) is 24.0 Å². The van der Waals surface area contributed by atoms with Crippen LogP contribution in [0.3, 0.4) is 0 Å². The average Bonchev–Trinajstić information content (AvgIpc) is 3.48. The molecule has 1 unspecified atom stereocenters. The third-order valence-corrected chi connectivity index (χ3v) is 7.85. The molecule has 37 heavy (non-hydrogen) atoms. The average molecular weight is 520 g/mol. The van der Waals surface area contributed by atoms with Crippen molar-refractivity contribution in [2.24, 2.45) is 5.41 Å². The van der Waals surface area contributed by atoms with Crippen molar-refractivity contribution in [2.45, 2.75) is 72.1 Å². The van der Waals surface area contributed by atoms with Crippen LogP contribution in [0.2, 0.25) is 0 Å². The molecule has 1 atom stereocenters. The van der Waals surface area contributed by atoms with E-state index in [0.717, 1.165) is 54.0 Å². The Morgan fingerprint density at radius 3 is 2.73 bits per heavy atom. The lowest BCUT2D eigenvalue weighted by Crippen LogP contribution is -2.21. The van der Waals surface area contributed by atoms with Crippen LogP contribution in [-0.4, -0.2) is 18.1 Å². The van der Waals surface area contributed by atoms with Gasteiger partial charge < -0.3 is 13.9 Å². The molecule has 196 valence electrons. The number of aromatic nitrogens is 1. The highest BCUT2D eigenvalue weighted by atomic mass is 32.1. The lowest BCUT2D eigenvalue weighted by atomic mass is 9.84. The Labute approximate surface area is 223 Å². The van der Waals surface area contributed by atoms with Crippen molar-refractivity contribution in [3.05, 3.63) is 76.7 Å². The van der Waals surface area contributed by atoms with E-state index in [4.69, 9.17) is 13.9 Å². The molecule has 0 amide bonds. The van der Waals surface area contributed by atoms with Gasteiger partial charge in [-0.05, 0) is 97.2 Å². The number of carbonyl (C=O) groups is 1. The van der Waals surface area contributed by atoms with E-state index in [1.54, 1.807) is 18.4 Å². The Hall–Kier alpha value is -3.12. The van der Waals surface area contributed by atoms with Crippen LogP contribution in [0.15, 0.2) is 58.3 Å². The van der Waals surface area contributed by atoms with Gasteiger partial charge in [-0.2, -0.15) is 0 Å². The van der Waals surface area contributed by atoms with Gasteiger partial charge in [-0.3, -0.25) is 4.79 Å². The summed E-state index contributed by atoms with van der Waals surface area (Å²) in [5.74, 6) is 3.47. The van der Waals surface area contributed by atoms with Crippen molar-refractivity contribution in [3.8, 4) is 11.6 Å². The summed E-state index contributed by atoms with van der Waals surface area (Å²) in [5.41, 5.74) is 2.12. The quantitative estimate of drug-likeness (QED) is 0.139. The largest absolute Gasteiger partial charge is 0.481 e. The van der Waals surface area contributed by atoms with Gasteiger partial charge in [-0.1, -0.05) is 26.8 Å². The third-order valence-electron chi connectivity index (χ3n) is 6.86. The van der Waals surface area contributed by atoms with Crippen LogP contribution in [0, 0.1) is 12.3 Å². The fourth-order valence-corrected chi connectivity index (χ4v) is 5.63. The van der Waals surface area contributed by atoms with Gasteiger partial charge in [0, 0.05) is 22.4 Å². The summed E-state index contributed by atoms with van der Waals surface area (Å²) in [6.45, 7) is 8.40. The molecule has 0 N–H and O–H groups in total. The molecule has 3 aromatic heterocycles. The molecule has 4 rings (SSSR count). The molecule has 5 nitrogen and oxygen atoms in total. The maximum absolute atomic E-state index is 12.7. The Bertz CT molecular complexity index is 1340. The van der Waals surface area contributed by atoms with Crippen LogP contribution in [0.25, 0.3) is 10.1 Å². The van der Waals surface area contributed by atoms with E-state index in [1.165, 1.54) is 10.9 Å². The van der Waals surface area contributed by atoms with Crippen LogP contribution in [0.1, 0.15) is 75.2 Å². The fraction of sp³-hybridized carbons (Fsp3) is 0.419. The number of ether oxygens (including phenoxy) is 2. The second-order valence-corrected chi connectivity index (χ2v) is 11.6. The molecule has 3 heterocycles. The molecular weight excluding hydrogens is 482 g/mol. The van der Waals surface area contributed by atoms with Crippen molar-refractivity contribution >= 4 is 27.4 Å². The minimum Gasteiger partial charge on any atom is -0.481 e. The molecule has 0 saturated heterocycles. The molecule has 0 saturated carbocycles. The second-order valence-electron chi connectivity index (χ2n) is 10.6. The zero-order valence-electron chi connectivity index (χ0n) is 22.5. The number of furan rings is 1. The topological polar surface area (TPSA) is 61.6 Å². The van der Waals surface area contributed by atoms with Crippen molar-refractivity contribution in [1.82, 2.24) is 4.98 Å². The van der Waals surface area contributed by atoms with Crippen LogP contribution in [0.5, 0.6) is 11.6 Å². The van der Waals surface area contributed by atoms with Gasteiger partial charge >= 0.3 is 5.97 Å². The maximum atomic E-state index is 12.7. The highest BCUT2D eigenvalue weighted by Crippen LogP contribution is 2.33. The summed E-state index contributed by atoms with van der Waals surface area (Å²) in [5, 5.41) is 3.48. The molecule has 0 bridgehead atoms.